The molecule has 0 aliphatic heterocycles. The molecule has 134 valence electrons. The predicted molar refractivity (Wildman–Crippen MR) is 101 cm³/mol. The third-order valence-electron chi connectivity index (χ3n) is 4.05. The summed E-state index contributed by atoms with van der Waals surface area (Å²) in [5, 5.41) is 0. The Balaban J connectivity index is 1.77. The average molecular weight is 416 g/mol. The number of nitrogens with zero attached hydrogens (tertiary/aromatic N) is 3. The molecule has 0 aliphatic rings. The van der Waals surface area contributed by atoms with Gasteiger partial charge in [-0.1, -0.05) is 6.07 Å². The number of hydrogen-bond acceptors (Lipinski definition) is 3. The van der Waals surface area contributed by atoms with Gasteiger partial charge in [0.2, 0.25) is 0 Å². The number of carbonyl (C=O) groups is 2. The highest BCUT2D eigenvalue weighted by Gasteiger charge is 2.18. The van der Waals surface area contributed by atoms with E-state index in [1.165, 1.54) is 0 Å². The fourth-order valence-electron chi connectivity index (χ4n) is 2.83. The lowest BCUT2D eigenvalue weighted by Gasteiger charge is -2.10. The molecule has 0 saturated heterocycles. The Kier molecular flexibility index (Phi) is 4.94. The van der Waals surface area contributed by atoms with E-state index >= 15 is 0 Å². The molecule has 0 atom stereocenters. The van der Waals surface area contributed by atoms with E-state index in [1.807, 2.05) is 36.6 Å². The van der Waals surface area contributed by atoms with Crippen molar-refractivity contribution < 1.29 is 9.59 Å². The highest BCUT2D eigenvalue weighted by molar-refractivity contribution is 9.10. The number of rotatable bonds is 3. The van der Waals surface area contributed by atoms with Crippen molar-refractivity contribution in [3.63, 3.8) is 0 Å². The topological polar surface area (TPSA) is 81.0 Å². The van der Waals surface area contributed by atoms with Crippen molar-refractivity contribution in [2.24, 2.45) is 7.05 Å². The van der Waals surface area contributed by atoms with Gasteiger partial charge in [-0.2, -0.15) is 0 Å². The lowest BCUT2D eigenvalue weighted by molar-refractivity contribution is 0.0841. The molecule has 0 saturated carbocycles. The van der Waals surface area contributed by atoms with Crippen molar-refractivity contribution in [1.29, 1.82) is 0 Å². The van der Waals surface area contributed by atoms with Crippen LogP contribution in [0.3, 0.4) is 0 Å². The largest absolute Gasteiger partial charge is 0.345 e. The summed E-state index contributed by atoms with van der Waals surface area (Å²) in [5.41, 5.74) is 7.43. The van der Waals surface area contributed by atoms with Crippen LogP contribution < -0.4 is 10.9 Å². The van der Waals surface area contributed by atoms with E-state index in [0.717, 1.165) is 21.7 Å². The fraction of sp³-hybridized carbons (Fsp3) is 0.167. The van der Waals surface area contributed by atoms with Crippen molar-refractivity contribution in [3.8, 4) is 5.82 Å². The molecule has 0 aromatic carbocycles. The predicted octanol–water partition coefficient (Wildman–Crippen LogP) is 2.66. The third-order valence-corrected chi connectivity index (χ3v) is 4.48. The molecule has 0 unspecified atom stereocenters. The number of hydrazine groups is 1. The lowest BCUT2D eigenvalue weighted by atomic mass is 10.2. The second-order valence-electron chi connectivity index (χ2n) is 5.87. The van der Waals surface area contributed by atoms with Crippen LogP contribution >= 0.6 is 15.9 Å². The van der Waals surface area contributed by atoms with Crippen molar-refractivity contribution >= 4 is 27.7 Å². The van der Waals surface area contributed by atoms with E-state index in [-0.39, 0.29) is 5.91 Å². The van der Waals surface area contributed by atoms with E-state index in [2.05, 4.69) is 31.8 Å². The fourth-order valence-corrected chi connectivity index (χ4v) is 3.35. The molecular formula is C18H18BrN5O2. The smallest absolute Gasteiger partial charge is 0.286 e. The molecular weight excluding hydrogens is 398 g/mol. The summed E-state index contributed by atoms with van der Waals surface area (Å²) >= 11 is 3.31. The van der Waals surface area contributed by atoms with Gasteiger partial charge in [-0.3, -0.25) is 20.4 Å². The molecule has 3 aromatic heterocycles. The maximum absolute atomic E-state index is 12.5. The summed E-state index contributed by atoms with van der Waals surface area (Å²) in [6.45, 7) is 3.74. The van der Waals surface area contributed by atoms with Gasteiger partial charge in [0.1, 0.15) is 11.5 Å². The van der Waals surface area contributed by atoms with Crippen LogP contribution in [0.5, 0.6) is 0 Å². The molecule has 0 spiro atoms. The molecule has 26 heavy (non-hydrogen) atoms. The maximum atomic E-state index is 12.5. The van der Waals surface area contributed by atoms with Crippen LogP contribution in [-0.2, 0) is 7.05 Å². The molecule has 0 aliphatic carbocycles. The second kappa shape index (κ2) is 7.17. The van der Waals surface area contributed by atoms with Gasteiger partial charge in [0.15, 0.2) is 0 Å². The Hall–Kier alpha value is -2.87. The summed E-state index contributed by atoms with van der Waals surface area (Å²) in [6, 6.07) is 9.04. The Labute approximate surface area is 159 Å². The van der Waals surface area contributed by atoms with Crippen molar-refractivity contribution in [1.82, 2.24) is 25.0 Å². The number of aryl methyl sites for hydroxylation is 2. The lowest BCUT2D eigenvalue weighted by Crippen LogP contribution is -2.42. The van der Waals surface area contributed by atoms with Gasteiger partial charge in [0, 0.05) is 35.3 Å². The number of pyridine rings is 1. The van der Waals surface area contributed by atoms with Gasteiger partial charge in [0.05, 0.1) is 5.56 Å². The van der Waals surface area contributed by atoms with Crippen LogP contribution in [0.1, 0.15) is 32.2 Å². The summed E-state index contributed by atoms with van der Waals surface area (Å²) in [4.78, 5) is 29.0. The minimum absolute atomic E-state index is 0.387. The van der Waals surface area contributed by atoms with Gasteiger partial charge in [0.25, 0.3) is 11.8 Å². The zero-order valence-corrected chi connectivity index (χ0v) is 16.2. The summed E-state index contributed by atoms with van der Waals surface area (Å²) in [6.07, 6.45) is 3.46. The highest BCUT2D eigenvalue weighted by Crippen LogP contribution is 2.19. The van der Waals surface area contributed by atoms with Gasteiger partial charge in [-0.25, -0.2) is 4.98 Å². The monoisotopic (exact) mass is 415 g/mol. The zero-order valence-electron chi connectivity index (χ0n) is 14.6. The van der Waals surface area contributed by atoms with Gasteiger partial charge >= 0.3 is 0 Å². The number of hydrogen-bond donors (Lipinski definition) is 2. The minimum Gasteiger partial charge on any atom is -0.345 e. The molecule has 3 aromatic rings. The quantitative estimate of drug-likeness (QED) is 0.645. The molecule has 2 amide bonds. The first-order chi connectivity index (χ1) is 12.4. The van der Waals surface area contributed by atoms with Gasteiger partial charge in [-0.15, -0.1) is 0 Å². The van der Waals surface area contributed by atoms with Crippen molar-refractivity contribution in [3.05, 3.63) is 69.8 Å². The Morgan fingerprint density at radius 2 is 1.85 bits per heavy atom. The van der Waals surface area contributed by atoms with Crippen LogP contribution in [0.15, 0.2) is 47.2 Å². The van der Waals surface area contributed by atoms with Gasteiger partial charge < -0.3 is 9.13 Å². The molecule has 0 fully saturated rings. The standard InChI is InChI=1S/C18H18BrN5O2/c1-11-8-14(12(2)24(11)16-6-4-5-7-20-16)17(25)21-22-18(26)15-9-13(19)10-23(15)3/h4-10H,1-3H3,(H,21,25)(H,22,26). The number of halogens is 1. The molecule has 3 rings (SSSR count). The minimum atomic E-state index is -0.398. The molecule has 0 radical (unpaired) electrons. The van der Waals surface area contributed by atoms with Crippen LogP contribution in [-0.4, -0.2) is 25.9 Å². The van der Waals surface area contributed by atoms with E-state index in [4.69, 9.17) is 0 Å². The summed E-state index contributed by atoms with van der Waals surface area (Å²) in [7, 11) is 1.75. The Bertz CT molecular complexity index is 975. The van der Waals surface area contributed by atoms with Crippen molar-refractivity contribution in [2.45, 2.75) is 13.8 Å². The number of amides is 2. The average Bonchev–Trinajstić information content (AvgIpc) is 3.11. The van der Waals surface area contributed by atoms with E-state index < -0.39 is 5.91 Å². The first-order valence-electron chi connectivity index (χ1n) is 7.91. The summed E-state index contributed by atoms with van der Waals surface area (Å²) < 4.78 is 4.35. The number of aromatic nitrogens is 3. The molecule has 3 heterocycles. The number of carbonyl (C=O) groups excluding carboxylic acids is 2. The van der Waals surface area contributed by atoms with Gasteiger partial charge in [-0.05, 0) is 54.0 Å². The Morgan fingerprint density at radius 3 is 2.46 bits per heavy atom. The van der Waals surface area contributed by atoms with Crippen LogP contribution in [0.25, 0.3) is 5.82 Å². The van der Waals surface area contributed by atoms with Crippen LogP contribution in [0.2, 0.25) is 0 Å². The summed E-state index contributed by atoms with van der Waals surface area (Å²) in [5.74, 6) is -0.0498. The van der Waals surface area contributed by atoms with E-state index in [1.54, 1.807) is 36.1 Å². The van der Waals surface area contributed by atoms with Crippen molar-refractivity contribution in [2.75, 3.05) is 0 Å². The second-order valence-corrected chi connectivity index (χ2v) is 6.79. The SMILES string of the molecule is Cc1cc(C(=O)NNC(=O)c2cc(Br)cn2C)c(C)n1-c1ccccn1. The molecule has 0 bridgehead atoms. The Morgan fingerprint density at radius 1 is 1.12 bits per heavy atom. The molecule has 2 N–H and O–H groups in total. The van der Waals surface area contributed by atoms with E-state index in [0.29, 0.717) is 11.3 Å². The first kappa shape index (κ1) is 17.9. The van der Waals surface area contributed by atoms with Crippen LogP contribution in [0.4, 0.5) is 0 Å². The first-order valence-corrected chi connectivity index (χ1v) is 8.70. The maximum Gasteiger partial charge on any atom is 0.286 e. The number of nitrogens with one attached hydrogen (secondary N) is 2. The van der Waals surface area contributed by atoms with E-state index in [9.17, 15) is 9.59 Å². The molecule has 8 heteroatoms. The highest BCUT2D eigenvalue weighted by atomic mass is 79.9. The normalized spacial score (nSPS) is 10.6. The third kappa shape index (κ3) is 3.41. The van der Waals surface area contributed by atoms with Crippen LogP contribution in [0, 0.1) is 13.8 Å². The zero-order chi connectivity index (χ0) is 18.8. The molecule has 7 nitrogen and oxygen atoms in total.